The van der Waals surface area contributed by atoms with E-state index in [0.717, 1.165) is 0 Å². The molecule has 1 heteroatoms. The van der Waals surface area contributed by atoms with Crippen LogP contribution in [-0.2, 0) is 5.11 Å². The lowest BCUT2D eigenvalue weighted by atomic mass is 10.4. The van der Waals surface area contributed by atoms with Crippen LogP contribution in [0.5, 0.6) is 0 Å². The molecule has 0 aliphatic carbocycles. The largest absolute Gasteiger partial charge is 0.236 e. The molecular formula is C6H9O. The molecule has 0 aliphatic heterocycles. The van der Waals surface area contributed by atoms with Crippen molar-refractivity contribution in [3.8, 4) is 0 Å². The van der Waals surface area contributed by atoms with Gasteiger partial charge in [-0.05, 0) is 6.42 Å². The summed E-state index contributed by atoms with van der Waals surface area (Å²) >= 11 is 0. The zero-order valence-corrected chi connectivity index (χ0v) is 4.26. The number of allylic oxidation sites excluding steroid dienone is 2. The van der Waals surface area contributed by atoms with Gasteiger partial charge in [-0.1, -0.05) is 24.8 Å². The van der Waals surface area contributed by atoms with Crippen LogP contribution in [-0.4, -0.2) is 6.61 Å². The van der Waals surface area contributed by atoms with Gasteiger partial charge in [0.05, 0.1) is 6.61 Å². The van der Waals surface area contributed by atoms with Crippen molar-refractivity contribution in [3.05, 3.63) is 24.8 Å². The zero-order chi connectivity index (χ0) is 5.54. The number of rotatable bonds is 3. The lowest BCUT2D eigenvalue weighted by Crippen LogP contribution is -1.70. The summed E-state index contributed by atoms with van der Waals surface area (Å²) in [6, 6.07) is 0. The van der Waals surface area contributed by atoms with Crippen molar-refractivity contribution in [2.45, 2.75) is 6.42 Å². The summed E-state index contributed by atoms with van der Waals surface area (Å²) in [6.45, 7) is 3.42. The second-order valence-corrected chi connectivity index (χ2v) is 1.16. The third-order valence-electron chi connectivity index (χ3n) is 0.557. The van der Waals surface area contributed by atoms with Crippen molar-refractivity contribution < 1.29 is 5.11 Å². The van der Waals surface area contributed by atoms with E-state index in [2.05, 4.69) is 6.58 Å². The van der Waals surface area contributed by atoms with E-state index < -0.39 is 0 Å². The Morgan fingerprint density at radius 3 is 2.71 bits per heavy atom. The van der Waals surface area contributed by atoms with Crippen molar-refractivity contribution in [2.75, 3.05) is 6.61 Å². The van der Waals surface area contributed by atoms with Crippen LogP contribution >= 0.6 is 0 Å². The van der Waals surface area contributed by atoms with E-state index in [1.807, 2.05) is 0 Å². The Morgan fingerprint density at radius 1 is 1.57 bits per heavy atom. The quantitative estimate of drug-likeness (QED) is 0.476. The molecule has 0 amide bonds. The van der Waals surface area contributed by atoms with E-state index in [1.54, 1.807) is 18.2 Å². The average molecular weight is 97.1 g/mol. The van der Waals surface area contributed by atoms with Gasteiger partial charge in [-0.2, -0.15) is 0 Å². The molecule has 7 heavy (non-hydrogen) atoms. The molecule has 39 valence electrons. The highest BCUT2D eigenvalue weighted by atomic mass is 16.2. The van der Waals surface area contributed by atoms with E-state index in [4.69, 9.17) is 0 Å². The molecule has 0 aromatic rings. The van der Waals surface area contributed by atoms with Crippen LogP contribution in [0.3, 0.4) is 0 Å². The highest BCUT2D eigenvalue weighted by molar-refractivity contribution is 4.96. The molecule has 0 saturated carbocycles. The molecule has 0 unspecified atom stereocenters. The Kier molecular flexibility index (Phi) is 5.00. The fourth-order valence-corrected chi connectivity index (χ4v) is 0.260. The third-order valence-corrected chi connectivity index (χ3v) is 0.557. The van der Waals surface area contributed by atoms with Crippen molar-refractivity contribution in [1.29, 1.82) is 0 Å². The summed E-state index contributed by atoms with van der Waals surface area (Å²) in [5, 5.41) is 9.72. The van der Waals surface area contributed by atoms with Crippen molar-refractivity contribution >= 4 is 0 Å². The van der Waals surface area contributed by atoms with Gasteiger partial charge in [-0.25, -0.2) is 5.11 Å². The maximum Gasteiger partial charge on any atom is 0.0856 e. The van der Waals surface area contributed by atoms with Gasteiger partial charge in [0, 0.05) is 0 Å². The summed E-state index contributed by atoms with van der Waals surface area (Å²) in [5.74, 6) is 0. The molecule has 0 heterocycles. The van der Waals surface area contributed by atoms with Crippen molar-refractivity contribution in [3.63, 3.8) is 0 Å². The van der Waals surface area contributed by atoms with Crippen LogP contribution in [0.2, 0.25) is 0 Å². The molecule has 0 aliphatic rings. The molecule has 1 nitrogen and oxygen atoms in total. The van der Waals surface area contributed by atoms with E-state index in [0.29, 0.717) is 6.42 Å². The van der Waals surface area contributed by atoms with Crippen molar-refractivity contribution in [1.82, 2.24) is 0 Å². The molecule has 0 atom stereocenters. The second-order valence-electron chi connectivity index (χ2n) is 1.16. The van der Waals surface area contributed by atoms with Crippen LogP contribution in [0.15, 0.2) is 24.8 Å². The summed E-state index contributed by atoms with van der Waals surface area (Å²) in [7, 11) is 0. The number of hydrogen-bond acceptors (Lipinski definition) is 0. The average Bonchev–Trinajstić information content (AvgIpc) is 1.69. The Bertz CT molecular complexity index is 64.6. The second kappa shape index (κ2) is 5.44. The van der Waals surface area contributed by atoms with Gasteiger partial charge in [0.15, 0.2) is 0 Å². The molecule has 0 aromatic carbocycles. The minimum atomic E-state index is -0.0235. The van der Waals surface area contributed by atoms with E-state index in [1.165, 1.54) is 0 Å². The van der Waals surface area contributed by atoms with Gasteiger partial charge in [0.1, 0.15) is 0 Å². The maximum atomic E-state index is 9.72. The first kappa shape index (κ1) is 6.44. The molecule has 0 rings (SSSR count). The van der Waals surface area contributed by atoms with Crippen LogP contribution in [0.1, 0.15) is 6.42 Å². The highest BCUT2D eigenvalue weighted by Gasteiger charge is 1.69. The lowest BCUT2D eigenvalue weighted by molar-refractivity contribution is 0.199. The highest BCUT2D eigenvalue weighted by Crippen LogP contribution is 1.78. The van der Waals surface area contributed by atoms with Crippen molar-refractivity contribution in [2.24, 2.45) is 0 Å². The van der Waals surface area contributed by atoms with E-state index in [-0.39, 0.29) is 6.61 Å². The first-order valence-electron chi connectivity index (χ1n) is 2.27. The van der Waals surface area contributed by atoms with Gasteiger partial charge in [-0.3, -0.25) is 0 Å². The molecular weight excluding hydrogens is 88.1 g/mol. The zero-order valence-electron chi connectivity index (χ0n) is 4.26. The van der Waals surface area contributed by atoms with E-state index >= 15 is 0 Å². The van der Waals surface area contributed by atoms with E-state index in [9.17, 15) is 5.11 Å². The third kappa shape index (κ3) is 5.44. The van der Waals surface area contributed by atoms with Gasteiger partial charge < -0.3 is 0 Å². The maximum absolute atomic E-state index is 9.72. The molecule has 0 spiro atoms. The van der Waals surface area contributed by atoms with Crippen LogP contribution < -0.4 is 0 Å². The molecule has 1 radical (unpaired) electrons. The van der Waals surface area contributed by atoms with Gasteiger partial charge in [0.2, 0.25) is 0 Å². The Labute approximate surface area is 44.0 Å². The van der Waals surface area contributed by atoms with Crippen LogP contribution in [0.25, 0.3) is 0 Å². The SMILES string of the molecule is C=CC=CCC[O]. The van der Waals surface area contributed by atoms with Crippen LogP contribution in [0, 0.1) is 0 Å². The minimum Gasteiger partial charge on any atom is -0.236 e. The molecule has 0 N–H and O–H groups in total. The normalized spacial score (nSPS) is 9.86. The monoisotopic (exact) mass is 97.1 g/mol. The topological polar surface area (TPSA) is 19.9 Å². The fourth-order valence-electron chi connectivity index (χ4n) is 0.260. The molecule has 0 fully saturated rings. The first-order chi connectivity index (χ1) is 3.41. The van der Waals surface area contributed by atoms with Gasteiger partial charge in [0.25, 0.3) is 0 Å². The molecule has 0 aromatic heterocycles. The lowest BCUT2D eigenvalue weighted by Gasteiger charge is -1.74. The fraction of sp³-hybridized carbons (Fsp3) is 0.333. The smallest absolute Gasteiger partial charge is 0.0856 e. The molecule has 0 bridgehead atoms. The Balaban J connectivity index is 2.92. The first-order valence-corrected chi connectivity index (χ1v) is 2.27. The van der Waals surface area contributed by atoms with Gasteiger partial charge >= 0.3 is 0 Å². The predicted octanol–water partition coefficient (Wildman–Crippen LogP) is 1.55. The van der Waals surface area contributed by atoms with Crippen LogP contribution in [0.4, 0.5) is 0 Å². The summed E-state index contributed by atoms with van der Waals surface area (Å²) < 4.78 is 0. The summed E-state index contributed by atoms with van der Waals surface area (Å²) in [5.41, 5.74) is 0. The minimum absolute atomic E-state index is 0.0235. The van der Waals surface area contributed by atoms with Gasteiger partial charge in [-0.15, -0.1) is 0 Å². The summed E-state index contributed by atoms with van der Waals surface area (Å²) in [6.07, 6.45) is 5.86. The number of hydrogen-bond donors (Lipinski definition) is 0. The predicted molar refractivity (Wildman–Crippen MR) is 29.5 cm³/mol. The summed E-state index contributed by atoms with van der Waals surface area (Å²) in [4.78, 5) is 0. The molecule has 0 saturated heterocycles. The Hall–Kier alpha value is -0.560. The standard InChI is InChI=1S/C6H9O/c1-2-3-4-5-6-7/h2-4H,1,5-6H2. The Morgan fingerprint density at radius 2 is 2.29 bits per heavy atom.